The molecule has 2 aromatic rings. The monoisotopic (exact) mass is 286 g/mol. The molecule has 21 heavy (non-hydrogen) atoms. The van der Waals surface area contributed by atoms with Gasteiger partial charge in [0.2, 0.25) is 0 Å². The number of carbonyl (C=O) groups excluding carboxylic acids is 1. The van der Waals surface area contributed by atoms with Crippen molar-refractivity contribution in [2.75, 3.05) is 25.5 Å². The predicted octanol–water partition coefficient (Wildman–Crippen LogP) is 2.44. The summed E-state index contributed by atoms with van der Waals surface area (Å²) in [4.78, 5) is 14.0. The van der Waals surface area contributed by atoms with E-state index in [1.807, 2.05) is 17.0 Å². The third kappa shape index (κ3) is 2.99. The highest BCUT2D eigenvalue weighted by molar-refractivity contribution is 5.89. The highest BCUT2D eigenvalue weighted by Gasteiger charge is 2.27. The number of anilines is 1. The van der Waals surface area contributed by atoms with Crippen molar-refractivity contribution in [3.8, 4) is 5.75 Å². The lowest BCUT2D eigenvalue weighted by atomic mass is 9.98. The van der Waals surface area contributed by atoms with Gasteiger partial charge >= 0.3 is 6.03 Å². The third-order valence-corrected chi connectivity index (χ3v) is 3.81. The molecule has 2 N–H and O–H groups in total. The van der Waals surface area contributed by atoms with Crippen LogP contribution in [0, 0.1) is 0 Å². The number of likely N-dealkylation sites (tertiary alicyclic amines) is 1. The van der Waals surface area contributed by atoms with Crippen LogP contribution in [0.4, 0.5) is 10.5 Å². The Morgan fingerprint density at radius 1 is 1.43 bits per heavy atom. The lowest BCUT2D eigenvalue weighted by Crippen LogP contribution is -2.32. The molecule has 6 nitrogen and oxygen atoms in total. The second kappa shape index (κ2) is 5.87. The van der Waals surface area contributed by atoms with Crippen LogP contribution in [0.25, 0.3) is 0 Å². The molecule has 1 saturated heterocycles. The van der Waals surface area contributed by atoms with Gasteiger partial charge in [0, 0.05) is 25.2 Å². The zero-order valence-corrected chi connectivity index (χ0v) is 11.9. The summed E-state index contributed by atoms with van der Waals surface area (Å²) >= 11 is 0. The van der Waals surface area contributed by atoms with Gasteiger partial charge in [0.15, 0.2) is 0 Å². The first-order chi connectivity index (χ1) is 10.3. The quantitative estimate of drug-likeness (QED) is 0.910. The maximum Gasteiger partial charge on any atom is 0.321 e. The molecular formula is C15H18N4O2. The summed E-state index contributed by atoms with van der Waals surface area (Å²) in [6.45, 7) is 1.50. The Hall–Kier alpha value is -2.50. The van der Waals surface area contributed by atoms with Crippen LogP contribution in [0.1, 0.15) is 17.9 Å². The van der Waals surface area contributed by atoms with Gasteiger partial charge in [0.25, 0.3) is 0 Å². The molecule has 1 aliphatic rings. The molecule has 2 amide bonds. The molecule has 0 radical (unpaired) electrons. The average Bonchev–Trinajstić information content (AvgIpc) is 3.18. The van der Waals surface area contributed by atoms with Gasteiger partial charge in [0.1, 0.15) is 5.75 Å². The number of aromatic amines is 1. The van der Waals surface area contributed by atoms with Gasteiger partial charge in [0.05, 0.1) is 19.0 Å². The van der Waals surface area contributed by atoms with Crippen molar-refractivity contribution >= 4 is 11.7 Å². The van der Waals surface area contributed by atoms with E-state index in [-0.39, 0.29) is 6.03 Å². The Bertz CT molecular complexity index is 595. The number of nitrogens with one attached hydrogen (secondary N) is 2. The van der Waals surface area contributed by atoms with Gasteiger partial charge in [-0.05, 0) is 24.1 Å². The summed E-state index contributed by atoms with van der Waals surface area (Å²) in [6, 6.07) is 7.99. The van der Waals surface area contributed by atoms with E-state index in [0.29, 0.717) is 11.6 Å². The van der Waals surface area contributed by atoms with Gasteiger partial charge in [-0.3, -0.25) is 5.10 Å². The van der Waals surface area contributed by atoms with Crippen LogP contribution in [0.3, 0.4) is 0 Å². The van der Waals surface area contributed by atoms with Crippen molar-refractivity contribution in [2.45, 2.75) is 12.3 Å². The zero-order valence-electron chi connectivity index (χ0n) is 11.9. The Morgan fingerprint density at radius 2 is 2.24 bits per heavy atom. The molecule has 0 spiro atoms. The third-order valence-electron chi connectivity index (χ3n) is 3.81. The number of ether oxygens (including phenoxy) is 1. The fraction of sp³-hybridized carbons (Fsp3) is 0.333. The van der Waals surface area contributed by atoms with E-state index in [9.17, 15) is 4.79 Å². The first kappa shape index (κ1) is 13.5. The molecule has 6 heteroatoms. The Kier molecular flexibility index (Phi) is 3.77. The molecule has 2 heterocycles. The van der Waals surface area contributed by atoms with Crippen LogP contribution >= 0.6 is 0 Å². The maximum absolute atomic E-state index is 12.1. The standard InChI is InChI=1S/C15H18N4O2/c1-21-14-4-2-11(3-5-14)12-6-7-19(10-12)15(20)18-13-8-16-17-9-13/h2-5,8-9,12H,6-7,10H2,1H3,(H,16,17)(H,18,20). The summed E-state index contributed by atoms with van der Waals surface area (Å²) in [5.74, 6) is 1.23. The van der Waals surface area contributed by atoms with E-state index in [4.69, 9.17) is 4.74 Å². The van der Waals surface area contributed by atoms with Gasteiger partial charge < -0.3 is 15.0 Å². The minimum absolute atomic E-state index is 0.0765. The van der Waals surface area contributed by atoms with Crippen LogP contribution in [-0.2, 0) is 0 Å². The first-order valence-corrected chi connectivity index (χ1v) is 6.95. The Morgan fingerprint density at radius 3 is 2.90 bits per heavy atom. The highest BCUT2D eigenvalue weighted by Crippen LogP contribution is 2.28. The summed E-state index contributed by atoms with van der Waals surface area (Å²) in [6.07, 6.45) is 4.23. The van der Waals surface area contributed by atoms with E-state index < -0.39 is 0 Å². The number of rotatable bonds is 3. The number of urea groups is 1. The van der Waals surface area contributed by atoms with E-state index in [1.54, 1.807) is 19.5 Å². The molecule has 1 aliphatic heterocycles. The SMILES string of the molecule is COc1ccc(C2CCN(C(=O)Nc3cn[nH]c3)C2)cc1. The van der Waals surface area contributed by atoms with Crippen molar-refractivity contribution in [1.82, 2.24) is 15.1 Å². The summed E-state index contributed by atoms with van der Waals surface area (Å²) in [5, 5.41) is 9.31. The second-order valence-electron chi connectivity index (χ2n) is 5.12. The zero-order chi connectivity index (χ0) is 14.7. The van der Waals surface area contributed by atoms with Crippen molar-refractivity contribution in [1.29, 1.82) is 0 Å². The molecule has 1 aromatic heterocycles. The predicted molar refractivity (Wildman–Crippen MR) is 79.5 cm³/mol. The second-order valence-corrected chi connectivity index (χ2v) is 5.12. The Labute approximate surface area is 123 Å². The molecule has 1 fully saturated rings. The minimum Gasteiger partial charge on any atom is -0.497 e. The molecule has 0 saturated carbocycles. The number of H-pyrrole nitrogens is 1. The van der Waals surface area contributed by atoms with E-state index in [2.05, 4.69) is 27.6 Å². The fourth-order valence-corrected chi connectivity index (χ4v) is 2.61. The number of aromatic nitrogens is 2. The van der Waals surface area contributed by atoms with E-state index >= 15 is 0 Å². The molecule has 110 valence electrons. The minimum atomic E-state index is -0.0765. The van der Waals surface area contributed by atoms with Crippen LogP contribution in [0.15, 0.2) is 36.7 Å². The average molecular weight is 286 g/mol. The lowest BCUT2D eigenvalue weighted by molar-refractivity contribution is 0.222. The smallest absolute Gasteiger partial charge is 0.321 e. The molecule has 0 aliphatic carbocycles. The lowest BCUT2D eigenvalue weighted by Gasteiger charge is -2.17. The fourth-order valence-electron chi connectivity index (χ4n) is 2.61. The number of methoxy groups -OCH3 is 1. The van der Waals surface area contributed by atoms with Gasteiger partial charge in [-0.25, -0.2) is 4.79 Å². The van der Waals surface area contributed by atoms with Gasteiger partial charge in [-0.1, -0.05) is 12.1 Å². The topological polar surface area (TPSA) is 70.2 Å². The number of hydrogen-bond donors (Lipinski definition) is 2. The Balaban J connectivity index is 1.60. The normalized spacial score (nSPS) is 17.8. The number of amides is 2. The van der Waals surface area contributed by atoms with Crippen LogP contribution in [-0.4, -0.2) is 41.3 Å². The van der Waals surface area contributed by atoms with Gasteiger partial charge in [-0.15, -0.1) is 0 Å². The van der Waals surface area contributed by atoms with Crippen LogP contribution in [0.5, 0.6) is 5.75 Å². The molecule has 0 bridgehead atoms. The van der Waals surface area contributed by atoms with Crippen molar-refractivity contribution in [3.63, 3.8) is 0 Å². The number of benzene rings is 1. The molecule has 1 unspecified atom stereocenters. The number of carbonyl (C=O) groups is 1. The van der Waals surface area contributed by atoms with E-state index in [1.165, 1.54) is 5.56 Å². The summed E-state index contributed by atoms with van der Waals surface area (Å²) < 4.78 is 5.17. The molecule has 3 rings (SSSR count). The first-order valence-electron chi connectivity index (χ1n) is 6.95. The molecule has 1 aromatic carbocycles. The maximum atomic E-state index is 12.1. The summed E-state index contributed by atoms with van der Waals surface area (Å²) in [5.41, 5.74) is 1.93. The van der Waals surface area contributed by atoms with Crippen molar-refractivity contribution in [2.24, 2.45) is 0 Å². The molecular weight excluding hydrogens is 268 g/mol. The molecule has 1 atom stereocenters. The van der Waals surface area contributed by atoms with Crippen LogP contribution in [0.2, 0.25) is 0 Å². The number of nitrogens with zero attached hydrogens (tertiary/aromatic N) is 2. The van der Waals surface area contributed by atoms with Crippen molar-refractivity contribution < 1.29 is 9.53 Å². The van der Waals surface area contributed by atoms with E-state index in [0.717, 1.165) is 25.3 Å². The highest BCUT2D eigenvalue weighted by atomic mass is 16.5. The van der Waals surface area contributed by atoms with Crippen molar-refractivity contribution in [3.05, 3.63) is 42.2 Å². The largest absolute Gasteiger partial charge is 0.497 e. The van der Waals surface area contributed by atoms with Gasteiger partial charge in [-0.2, -0.15) is 5.10 Å². The number of hydrogen-bond acceptors (Lipinski definition) is 3. The summed E-state index contributed by atoms with van der Waals surface area (Å²) in [7, 11) is 1.66. The van der Waals surface area contributed by atoms with Crippen LogP contribution < -0.4 is 10.1 Å².